The van der Waals surface area contributed by atoms with Crippen molar-refractivity contribution in [1.29, 1.82) is 0 Å². The highest BCUT2D eigenvalue weighted by molar-refractivity contribution is 6.07. The van der Waals surface area contributed by atoms with Gasteiger partial charge in [-0.2, -0.15) is 10.2 Å². The minimum Gasteiger partial charge on any atom is -0.273 e. The maximum absolute atomic E-state index is 11.6. The van der Waals surface area contributed by atoms with Crippen molar-refractivity contribution in [3.8, 4) is 0 Å². The van der Waals surface area contributed by atoms with E-state index in [1.165, 1.54) is 6.21 Å². The molecule has 104 valence electrons. The van der Waals surface area contributed by atoms with Crippen molar-refractivity contribution in [2.24, 2.45) is 16.1 Å². The normalized spacial score (nSPS) is 17.9. The second-order valence-corrected chi connectivity index (χ2v) is 4.37. The molecule has 1 aromatic rings. The standard InChI is InChI=1S/C13H15N5O2/c1-9-11(13(20)18-16-9)5-6-12(19)17-15-8-10-4-2-3-7-14-10/h2-4,7-8,11H,5-6H2,1H3,(H,17,19)(H,18,20)/b15-8-/t11-/m0/s1. The van der Waals surface area contributed by atoms with Gasteiger partial charge in [-0.15, -0.1) is 0 Å². The first kappa shape index (κ1) is 13.9. The summed E-state index contributed by atoms with van der Waals surface area (Å²) in [5.41, 5.74) is 6.16. The molecule has 2 heterocycles. The fourth-order valence-corrected chi connectivity index (χ4v) is 1.78. The molecule has 1 aromatic heterocycles. The fourth-order valence-electron chi connectivity index (χ4n) is 1.78. The number of hydrogen-bond donors (Lipinski definition) is 2. The van der Waals surface area contributed by atoms with Crippen molar-refractivity contribution in [3.05, 3.63) is 30.1 Å². The molecule has 0 radical (unpaired) electrons. The monoisotopic (exact) mass is 273 g/mol. The van der Waals surface area contributed by atoms with E-state index in [0.717, 1.165) is 0 Å². The second-order valence-electron chi connectivity index (χ2n) is 4.37. The summed E-state index contributed by atoms with van der Waals surface area (Å²) in [5, 5.41) is 7.63. The number of aromatic nitrogens is 1. The molecule has 20 heavy (non-hydrogen) atoms. The molecule has 2 rings (SSSR count). The van der Waals surface area contributed by atoms with Crippen molar-refractivity contribution < 1.29 is 9.59 Å². The minimum atomic E-state index is -0.319. The van der Waals surface area contributed by atoms with Crippen LogP contribution in [0.1, 0.15) is 25.5 Å². The summed E-state index contributed by atoms with van der Waals surface area (Å²) in [6.45, 7) is 1.76. The molecule has 0 saturated heterocycles. The molecule has 0 aliphatic carbocycles. The van der Waals surface area contributed by atoms with E-state index in [1.54, 1.807) is 25.3 Å². The van der Waals surface area contributed by atoms with Crippen LogP contribution in [0, 0.1) is 5.92 Å². The molecule has 1 atom stereocenters. The Morgan fingerprint density at radius 1 is 1.55 bits per heavy atom. The molecule has 2 N–H and O–H groups in total. The molecule has 7 nitrogen and oxygen atoms in total. The van der Waals surface area contributed by atoms with Gasteiger partial charge in [-0.3, -0.25) is 14.6 Å². The Labute approximate surface area is 116 Å². The van der Waals surface area contributed by atoms with Gasteiger partial charge in [0.25, 0.3) is 0 Å². The summed E-state index contributed by atoms with van der Waals surface area (Å²) in [7, 11) is 0. The minimum absolute atomic E-state index is 0.160. The zero-order chi connectivity index (χ0) is 14.4. The van der Waals surface area contributed by atoms with Gasteiger partial charge in [-0.05, 0) is 25.5 Å². The van der Waals surface area contributed by atoms with Gasteiger partial charge in [0.2, 0.25) is 11.8 Å². The molecule has 1 aliphatic rings. The van der Waals surface area contributed by atoms with Crippen molar-refractivity contribution in [2.45, 2.75) is 19.8 Å². The topological polar surface area (TPSA) is 95.8 Å². The van der Waals surface area contributed by atoms with Gasteiger partial charge in [0.1, 0.15) is 0 Å². The fraction of sp³-hybridized carbons (Fsp3) is 0.308. The van der Waals surface area contributed by atoms with Crippen LogP contribution in [0.15, 0.2) is 34.6 Å². The molecule has 1 aliphatic heterocycles. The predicted octanol–water partition coefficient (Wildman–Crippen LogP) is 0.434. The van der Waals surface area contributed by atoms with Crippen LogP contribution in [0.25, 0.3) is 0 Å². The first-order chi connectivity index (χ1) is 9.66. The summed E-state index contributed by atoms with van der Waals surface area (Å²) in [6, 6.07) is 5.40. The smallest absolute Gasteiger partial charge is 0.248 e. The van der Waals surface area contributed by atoms with E-state index in [9.17, 15) is 9.59 Å². The Kier molecular flexibility index (Phi) is 4.54. The third-order valence-corrected chi connectivity index (χ3v) is 2.90. The molecule has 0 fully saturated rings. The van der Waals surface area contributed by atoms with Gasteiger partial charge in [0.05, 0.1) is 17.8 Å². The van der Waals surface area contributed by atoms with E-state index in [-0.39, 0.29) is 24.2 Å². The highest BCUT2D eigenvalue weighted by Crippen LogP contribution is 2.13. The van der Waals surface area contributed by atoms with Crippen LogP contribution in [-0.4, -0.2) is 28.7 Å². The molecule has 2 amide bonds. The van der Waals surface area contributed by atoms with Crippen molar-refractivity contribution in [1.82, 2.24) is 15.8 Å². The van der Waals surface area contributed by atoms with E-state index in [2.05, 4.69) is 26.0 Å². The lowest BCUT2D eigenvalue weighted by atomic mass is 9.99. The molecule has 0 unspecified atom stereocenters. The molecular weight excluding hydrogens is 258 g/mol. The van der Waals surface area contributed by atoms with Crippen LogP contribution in [0.2, 0.25) is 0 Å². The van der Waals surface area contributed by atoms with Gasteiger partial charge in [0.15, 0.2) is 0 Å². The van der Waals surface area contributed by atoms with Gasteiger partial charge >= 0.3 is 0 Å². The van der Waals surface area contributed by atoms with Crippen LogP contribution in [0.3, 0.4) is 0 Å². The van der Waals surface area contributed by atoms with E-state index in [1.807, 2.05) is 6.07 Å². The highest BCUT2D eigenvalue weighted by Gasteiger charge is 2.26. The average molecular weight is 273 g/mol. The van der Waals surface area contributed by atoms with E-state index < -0.39 is 0 Å². The molecule has 0 saturated carbocycles. The first-order valence-corrected chi connectivity index (χ1v) is 6.24. The predicted molar refractivity (Wildman–Crippen MR) is 73.9 cm³/mol. The van der Waals surface area contributed by atoms with Crippen LogP contribution in [0.5, 0.6) is 0 Å². The molecule has 0 aromatic carbocycles. The van der Waals surface area contributed by atoms with Crippen LogP contribution in [0.4, 0.5) is 0 Å². The van der Waals surface area contributed by atoms with Gasteiger partial charge in [-0.1, -0.05) is 6.07 Å². The Morgan fingerprint density at radius 3 is 3.05 bits per heavy atom. The van der Waals surface area contributed by atoms with Crippen LogP contribution in [-0.2, 0) is 9.59 Å². The van der Waals surface area contributed by atoms with Crippen LogP contribution < -0.4 is 10.9 Å². The third-order valence-electron chi connectivity index (χ3n) is 2.90. The summed E-state index contributed by atoms with van der Waals surface area (Å²) in [4.78, 5) is 27.0. The second kappa shape index (κ2) is 6.55. The van der Waals surface area contributed by atoms with Gasteiger partial charge < -0.3 is 0 Å². The Morgan fingerprint density at radius 2 is 2.40 bits per heavy atom. The average Bonchev–Trinajstić information content (AvgIpc) is 2.77. The number of hydrogen-bond acceptors (Lipinski definition) is 5. The Hall–Kier alpha value is -2.57. The number of nitrogens with zero attached hydrogens (tertiary/aromatic N) is 3. The lowest BCUT2D eigenvalue weighted by Crippen LogP contribution is -2.25. The Bertz CT molecular complexity index is 553. The van der Waals surface area contributed by atoms with Crippen molar-refractivity contribution >= 4 is 23.7 Å². The maximum Gasteiger partial charge on any atom is 0.248 e. The zero-order valence-electron chi connectivity index (χ0n) is 11.0. The lowest BCUT2D eigenvalue weighted by molar-refractivity contribution is -0.123. The molecule has 7 heteroatoms. The molecule has 0 bridgehead atoms. The summed E-state index contributed by atoms with van der Waals surface area (Å²) < 4.78 is 0. The first-order valence-electron chi connectivity index (χ1n) is 6.24. The number of carbonyl (C=O) groups excluding carboxylic acids is 2. The van der Waals surface area contributed by atoms with Gasteiger partial charge in [0, 0.05) is 18.3 Å². The van der Waals surface area contributed by atoms with E-state index >= 15 is 0 Å². The zero-order valence-corrected chi connectivity index (χ0v) is 11.0. The SMILES string of the molecule is CC1=NNC(=O)[C@H]1CCC(=O)N/N=C\c1ccccn1. The third kappa shape index (κ3) is 3.71. The number of carbonyl (C=O) groups is 2. The number of hydrazone groups is 2. The Balaban J connectivity index is 1.75. The molecular formula is C13H15N5O2. The number of nitrogens with one attached hydrogen (secondary N) is 2. The number of amides is 2. The van der Waals surface area contributed by atoms with Crippen molar-refractivity contribution in [3.63, 3.8) is 0 Å². The van der Waals surface area contributed by atoms with Crippen LogP contribution >= 0.6 is 0 Å². The number of pyridine rings is 1. The summed E-state index contributed by atoms with van der Waals surface area (Å²) >= 11 is 0. The molecule has 0 spiro atoms. The van der Waals surface area contributed by atoms with Crippen molar-refractivity contribution in [2.75, 3.05) is 0 Å². The van der Waals surface area contributed by atoms with E-state index in [4.69, 9.17) is 0 Å². The summed E-state index contributed by atoms with van der Waals surface area (Å²) in [6.07, 6.45) is 3.74. The summed E-state index contributed by atoms with van der Waals surface area (Å²) in [5.74, 6) is -0.725. The largest absolute Gasteiger partial charge is 0.273 e. The quantitative estimate of drug-likeness (QED) is 0.601. The number of rotatable bonds is 5. The maximum atomic E-state index is 11.6. The highest BCUT2D eigenvalue weighted by atomic mass is 16.2. The lowest BCUT2D eigenvalue weighted by Gasteiger charge is -2.06. The van der Waals surface area contributed by atoms with E-state index in [0.29, 0.717) is 17.8 Å². The van der Waals surface area contributed by atoms with Gasteiger partial charge in [-0.25, -0.2) is 10.9 Å².